The summed E-state index contributed by atoms with van der Waals surface area (Å²) in [5.41, 5.74) is 0. The summed E-state index contributed by atoms with van der Waals surface area (Å²) >= 11 is 11.0. The topological polar surface area (TPSA) is 54.4 Å². The van der Waals surface area contributed by atoms with Crippen LogP contribution in [-0.4, -0.2) is 17.4 Å². The van der Waals surface area contributed by atoms with Crippen molar-refractivity contribution in [3.8, 4) is 0 Å². The molecule has 0 amide bonds. The van der Waals surface area contributed by atoms with Crippen molar-refractivity contribution in [3.05, 3.63) is 10.1 Å². The molecule has 0 saturated carbocycles. The monoisotopic (exact) mass is 209 g/mol. The average molecular weight is 210 g/mol. The lowest BCUT2D eigenvalue weighted by Gasteiger charge is -2.05. The average Bonchev–Trinajstić information content (AvgIpc) is 2.02. The second-order valence-electron chi connectivity index (χ2n) is 2.13. The van der Waals surface area contributed by atoms with Crippen molar-refractivity contribution in [1.82, 2.24) is 0 Å². The summed E-state index contributed by atoms with van der Waals surface area (Å²) in [5, 5.41) is 8.50. The molecule has 1 atom stereocenters. The minimum atomic E-state index is -1.08. The molecular weight excluding hydrogens is 203 g/mol. The van der Waals surface area contributed by atoms with Crippen molar-refractivity contribution in [1.29, 1.82) is 0 Å². The predicted molar refractivity (Wildman–Crippen MR) is 45.8 cm³/mol. The molecule has 0 aromatic rings. The summed E-state index contributed by atoms with van der Waals surface area (Å²) in [6.45, 7) is 1.39. The highest BCUT2D eigenvalue weighted by Crippen LogP contribution is 2.24. The molecule has 12 heavy (non-hydrogen) atoms. The van der Waals surface area contributed by atoms with Crippen molar-refractivity contribution >= 4 is 35.5 Å². The lowest BCUT2D eigenvalue weighted by Crippen LogP contribution is -2.10. The molecule has 0 aromatic heterocycles. The Hall–Kier alpha value is -0.540. The van der Waals surface area contributed by atoms with Crippen LogP contribution in [0, 0.1) is 5.92 Å². The second kappa shape index (κ2) is 5.17. The SMILES string of the molecule is CC(C(=O)O)C(Cl)=C(Cl)C[C]=O. The van der Waals surface area contributed by atoms with Gasteiger partial charge in [-0.25, -0.2) is 0 Å². The lowest BCUT2D eigenvalue weighted by molar-refractivity contribution is -0.139. The zero-order chi connectivity index (χ0) is 9.72. The van der Waals surface area contributed by atoms with Crippen LogP contribution in [0.25, 0.3) is 0 Å². The highest BCUT2D eigenvalue weighted by molar-refractivity contribution is 6.40. The van der Waals surface area contributed by atoms with E-state index >= 15 is 0 Å². The van der Waals surface area contributed by atoms with Gasteiger partial charge in [0.25, 0.3) is 0 Å². The van der Waals surface area contributed by atoms with Gasteiger partial charge in [0.2, 0.25) is 6.29 Å². The summed E-state index contributed by atoms with van der Waals surface area (Å²) < 4.78 is 0. The molecule has 0 aliphatic rings. The van der Waals surface area contributed by atoms with E-state index in [1.165, 1.54) is 13.2 Å². The quantitative estimate of drug-likeness (QED) is 0.770. The Labute approximate surface area is 80.0 Å². The van der Waals surface area contributed by atoms with Gasteiger partial charge in [0, 0.05) is 10.1 Å². The number of carboxylic acid groups (broad SMARTS) is 1. The van der Waals surface area contributed by atoms with Gasteiger partial charge >= 0.3 is 5.97 Å². The maximum atomic E-state index is 10.4. The first-order chi connectivity index (χ1) is 5.50. The van der Waals surface area contributed by atoms with Crippen LogP contribution in [-0.2, 0) is 9.59 Å². The Morgan fingerprint density at radius 1 is 1.58 bits per heavy atom. The van der Waals surface area contributed by atoms with Gasteiger partial charge in [0.15, 0.2) is 0 Å². The molecule has 0 rings (SSSR count). The van der Waals surface area contributed by atoms with Crippen molar-refractivity contribution in [2.75, 3.05) is 0 Å². The highest BCUT2D eigenvalue weighted by Gasteiger charge is 2.17. The first-order valence-corrected chi connectivity index (χ1v) is 3.88. The van der Waals surface area contributed by atoms with Gasteiger partial charge in [0.05, 0.1) is 12.3 Å². The van der Waals surface area contributed by atoms with Crippen LogP contribution >= 0.6 is 23.2 Å². The minimum Gasteiger partial charge on any atom is -0.481 e. The number of aliphatic carboxylic acids is 1. The molecule has 1 radical (unpaired) electrons. The van der Waals surface area contributed by atoms with Gasteiger partial charge < -0.3 is 5.11 Å². The molecule has 0 saturated heterocycles. The minimum absolute atomic E-state index is 0.0208. The highest BCUT2D eigenvalue weighted by atomic mass is 35.5. The molecule has 0 spiro atoms. The number of halogens is 2. The van der Waals surface area contributed by atoms with Crippen LogP contribution in [0.1, 0.15) is 13.3 Å². The van der Waals surface area contributed by atoms with E-state index in [-0.39, 0.29) is 16.5 Å². The van der Waals surface area contributed by atoms with Crippen LogP contribution in [0.4, 0.5) is 0 Å². The van der Waals surface area contributed by atoms with Gasteiger partial charge in [-0.05, 0) is 6.92 Å². The molecule has 0 bridgehead atoms. The summed E-state index contributed by atoms with van der Waals surface area (Å²) in [4.78, 5) is 20.2. The Balaban J connectivity index is 4.52. The Morgan fingerprint density at radius 2 is 2.08 bits per heavy atom. The van der Waals surface area contributed by atoms with E-state index in [4.69, 9.17) is 28.3 Å². The van der Waals surface area contributed by atoms with Crippen molar-refractivity contribution in [3.63, 3.8) is 0 Å². The standard InChI is InChI=1S/C7H7Cl2O3/c1-4(7(11)12)6(9)5(8)2-3-10/h4H,2H2,1H3,(H,11,12). The molecule has 0 aromatic carbocycles. The van der Waals surface area contributed by atoms with Crippen LogP contribution in [0.5, 0.6) is 0 Å². The zero-order valence-electron chi connectivity index (χ0n) is 6.30. The fraction of sp³-hybridized carbons (Fsp3) is 0.429. The summed E-state index contributed by atoms with van der Waals surface area (Å²) in [6, 6.07) is 0. The summed E-state index contributed by atoms with van der Waals surface area (Å²) in [7, 11) is 0. The van der Waals surface area contributed by atoms with Gasteiger partial charge in [-0.1, -0.05) is 23.2 Å². The fourth-order valence-corrected chi connectivity index (χ4v) is 0.870. The number of hydrogen-bond acceptors (Lipinski definition) is 2. The third-order valence-corrected chi connectivity index (χ3v) is 2.23. The fourth-order valence-electron chi connectivity index (χ4n) is 0.491. The smallest absolute Gasteiger partial charge is 0.311 e. The molecule has 0 aliphatic carbocycles. The predicted octanol–water partition coefficient (Wildman–Crippen LogP) is 1.90. The number of carboxylic acids is 1. The van der Waals surface area contributed by atoms with E-state index in [1.807, 2.05) is 0 Å². The third kappa shape index (κ3) is 3.24. The number of carbonyl (C=O) groups excluding carboxylic acids is 1. The normalized spacial score (nSPS) is 14.9. The largest absolute Gasteiger partial charge is 0.481 e. The molecule has 67 valence electrons. The first-order valence-electron chi connectivity index (χ1n) is 3.12. The van der Waals surface area contributed by atoms with Crippen LogP contribution < -0.4 is 0 Å². The van der Waals surface area contributed by atoms with E-state index in [1.54, 1.807) is 0 Å². The van der Waals surface area contributed by atoms with Crippen LogP contribution in [0.15, 0.2) is 10.1 Å². The lowest BCUT2D eigenvalue weighted by atomic mass is 10.1. The zero-order valence-corrected chi connectivity index (χ0v) is 7.82. The van der Waals surface area contributed by atoms with E-state index in [0.29, 0.717) is 0 Å². The molecule has 0 heterocycles. The van der Waals surface area contributed by atoms with Gasteiger partial charge in [-0.2, -0.15) is 0 Å². The molecule has 0 aliphatic heterocycles. The van der Waals surface area contributed by atoms with Crippen molar-refractivity contribution < 1.29 is 14.7 Å². The Kier molecular flexibility index (Phi) is 4.93. The Morgan fingerprint density at radius 3 is 2.42 bits per heavy atom. The molecule has 1 unspecified atom stereocenters. The number of hydrogen-bond donors (Lipinski definition) is 1. The third-order valence-electron chi connectivity index (χ3n) is 1.24. The number of allylic oxidation sites excluding steroid dienone is 1. The van der Waals surface area contributed by atoms with E-state index in [2.05, 4.69) is 0 Å². The van der Waals surface area contributed by atoms with Gasteiger partial charge in [-0.15, -0.1) is 0 Å². The maximum Gasteiger partial charge on any atom is 0.311 e. The number of carbonyl (C=O) groups is 1. The van der Waals surface area contributed by atoms with Crippen molar-refractivity contribution in [2.45, 2.75) is 13.3 Å². The van der Waals surface area contributed by atoms with E-state index < -0.39 is 11.9 Å². The van der Waals surface area contributed by atoms with Crippen molar-refractivity contribution in [2.24, 2.45) is 5.92 Å². The molecule has 1 N–H and O–H groups in total. The van der Waals surface area contributed by atoms with Gasteiger partial charge in [0.1, 0.15) is 0 Å². The molecule has 0 fully saturated rings. The molecule has 5 heteroatoms. The maximum absolute atomic E-state index is 10.4. The summed E-state index contributed by atoms with van der Waals surface area (Å²) in [6.07, 6.45) is 1.36. The van der Waals surface area contributed by atoms with Crippen LogP contribution in [0.3, 0.4) is 0 Å². The van der Waals surface area contributed by atoms with E-state index in [0.717, 1.165) is 0 Å². The second-order valence-corrected chi connectivity index (χ2v) is 3.00. The summed E-state index contributed by atoms with van der Waals surface area (Å²) in [5.74, 6) is -1.96. The molecular formula is C7H7Cl2O3. The van der Waals surface area contributed by atoms with Gasteiger partial charge in [-0.3, -0.25) is 9.59 Å². The molecule has 3 nitrogen and oxygen atoms in total. The van der Waals surface area contributed by atoms with Crippen LogP contribution in [0.2, 0.25) is 0 Å². The first kappa shape index (κ1) is 11.5. The Bertz CT molecular complexity index is 223. The number of rotatable bonds is 4. The van der Waals surface area contributed by atoms with E-state index in [9.17, 15) is 9.59 Å².